The standard InChI is InChI=1S/C49H55ClF2N4O3/c1-6-13-30(3)24-31(4)39-29-53-47(59-49-41(51)18-12-19-42(49)52)28-44(39)54-32(5)36(7-2)48(57)45-25-33-26-46(38(27-43(33)55-45)37-16-10-11-17-40(37)50)58-35-20-22-56(23-21-35)34-14-8-9-15-34/h7,10-12,16-19,25-31,34-35,55H,2,6,8-9,13-15,20-24H2,1,3-5H3,(H,53,54)/b36-32-. The largest absolute Gasteiger partial charge is 0.490 e. The first-order chi connectivity index (χ1) is 28.5. The fraction of sp³-hybridized carbons (Fsp3) is 0.388. The van der Waals surface area contributed by atoms with Crippen LogP contribution in [0.15, 0.2) is 96.9 Å². The summed E-state index contributed by atoms with van der Waals surface area (Å²) in [7, 11) is 0. The number of hydrogen-bond acceptors (Lipinski definition) is 6. The molecule has 0 spiro atoms. The van der Waals surface area contributed by atoms with Crippen molar-refractivity contribution in [1.29, 1.82) is 0 Å². The van der Waals surface area contributed by atoms with E-state index in [1.54, 1.807) is 12.3 Å². The molecule has 10 heteroatoms. The number of ketones is 1. The van der Waals surface area contributed by atoms with Crippen molar-refractivity contribution in [3.8, 4) is 28.5 Å². The number of H-pyrrole nitrogens is 1. The lowest BCUT2D eigenvalue weighted by atomic mass is 9.89. The lowest BCUT2D eigenvalue weighted by Crippen LogP contribution is -2.43. The van der Waals surface area contributed by atoms with Gasteiger partial charge in [0.25, 0.3) is 0 Å². The van der Waals surface area contributed by atoms with Crippen LogP contribution in [0.3, 0.4) is 0 Å². The number of anilines is 1. The summed E-state index contributed by atoms with van der Waals surface area (Å²) in [6, 6.07) is 19.5. The number of fused-ring (bicyclic) bond motifs is 1. The first-order valence-electron chi connectivity index (χ1n) is 21.1. The number of para-hydroxylation sites is 1. The van der Waals surface area contributed by atoms with E-state index in [2.05, 4.69) is 47.5 Å². The van der Waals surface area contributed by atoms with Crippen molar-refractivity contribution in [3.63, 3.8) is 0 Å². The number of nitrogens with zero attached hydrogens (tertiary/aromatic N) is 2. The number of pyridine rings is 1. The first kappa shape index (κ1) is 42.1. The molecule has 7 nitrogen and oxygen atoms in total. The highest BCUT2D eigenvalue weighted by atomic mass is 35.5. The second-order valence-electron chi connectivity index (χ2n) is 16.4. The highest BCUT2D eigenvalue weighted by Crippen LogP contribution is 2.40. The number of carbonyl (C=O) groups excluding carboxylic acids is 1. The quantitative estimate of drug-likeness (QED) is 0.0586. The summed E-state index contributed by atoms with van der Waals surface area (Å²) in [6.07, 6.45) is 13.5. The average molecular weight is 821 g/mol. The van der Waals surface area contributed by atoms with E-state index in [1.807, 2.05) is 49.4 Å². The zero-order valence-corrected chi connectivity index (χ0v) is 35.3. The second-order valence-corrected chi connectivity index (χ2v) is 16.8. The Kier molecular flexibility index (Phi) is 13.5. The molecule has 0 bridgehead atoms. The summed E-state index contributed by atoms with van der Waals surface area (Å²) in [5.74, 6) is -1.17. The number of aromatic nitrogens is 2. The molecule has 5 aromatic rings. The van der Waals surface area contributed by atoms with Crippen molar-refractivity contribution < 1.29 is 23.0 Å². The molecule has 2 unspecified atom stereocenters. The predicted octanol–water partition coefficient (Wildman–Crippen LogP) is 13.4. The molecule has 0 radical (unpaired) electrons. The minimum Gasteiger partial charge on any atom is -0.490 e. The summed E-state index contributed by atoms with van der Waals surface area (Å²) in [4.78, 5) is 24.8. The summed E-state index contributed by atoms with van der Waals surface area (Å²) < 4.78 is 41.6. The molecule has 310 valence electrons. The Hall–Kier alpha value is -4.99. The minimum atomic E-state index is -0.835. The molecular weight excluding hydrogens is 766 g/mol. The maximum atomic E-state index is 14.6. The molecule has 3 heterocycles. The van der Waals surface area contributed by atoms with Gasteiger partial charge in [0.1, 0.15) is 11.9 Å². The number of carbonyl (C=O) groups is 1. The fourth-order valence-corrected chi connectivity index (χ4v) is 9.17. The highest BCUT2D eigenvalue weighted by molar-refractivity contribution is 6.33. The van der Waals surface area contributed by atoms with Gasteiger partial charge in [-0.25, -0.2) is 13.8 Å². The Morgan fingerprint density at radius 2 is 1.75 bits per heavy atom. The van der Waals surface area contributed by atoms with Gasteiger partial charge in [-0.05, 0) is 92.8 Å². The topological polar surface area (TPSA) is 79.5 Å². The van der Waals surface area contributed by atoms with Gasteiger partial charge < -0.3 is 24.7 Å². The maximum Gasteiger partial charge on any atom is 0.221 e. The average Bonchev–Trinajstić information content (AvgIpc) is 3.91. The molecule has 2 fully saturated rings. The number of nitrogens with one attached hydrogen (secondary N) is 2. The van der Waals surface area contributed by atoms with E-state index < -0.39 is 17.4 Å². The van der Waals surface area contributed by atoms with E-state index in [0.717, 1.165) is 90.7 Å². The molecule has 2 atom stereocenters. The third-order valence-electron chi connectivity index (χ3n) is 12.0. The van der Waals surface area contributed by atoms with Crippen LogP contribution in [0.1, 0.15) is 107 Å². The molecule has 3 aromatic carbocycles. The Bertz CT molecular complexity index is 2310. The molecule has 2 N–H and O–H groups in total. The van der Waals surface area contributed by atoms with E-state index in [9.17, 15) is 13.6 Å². The summed E-state index contributed by atoms with van der Waals surface area (Å²) in [5, 5.41) is 4.88. The number of hydrogen-bond donors (Lipinski definition) is 2. The van der Waals surface area contributed by atoms with Gasteiger partial charge >= 0.3 is 0 Å². The van der Waals surface area contributed by atoms with Gasteiger partial charge in [0.05, 0.1) is 5.69 Å². The number of aromatic amines is 1. The Morgan fingerprint density at radius 1 is 1.02 bits per heavy atom. The van der Waals surface area contributed by atoms with Gasteiger partial charge in [0, 0.05) is 75.4 Å². The number of Topliss-reactive ketones (excluding diaryl/α,β-unsaturated/α-hetero) is 1. The maximum absolute atomic E-state index is 14.6. The van der Waals surface area contributed by atoms with Gasteiger partial charge in [-0.15, -0.1) is 0 Å². The number of rotatable bonds is 16. The molecular formula is C49H55ClF2N4O3. The van der Waals surface area contributed by atoms with Crippen molar-refractivity contribution >= 4 is 34.0 Å². The number of piperidine rings is 1. The monoisotopic (exact) mass is 820 g/mol. The van der Waals surface area contributed by atoms with Crippen molar-refractivity contribution in [1.82, 2.24) is 14.9 Å². The van der Waals surface area contributed by atoms with E-state index >= 15 is 0 Å². The predicted molar refractivity (Wildman–Crippen MR) is 235 cm³/mol. The van der Waals surface area contributed by atoms with Crippen LogP contribution in [0.25, 0.3) is 22.0 Å². The number of likely N-dealkylation sites (tertiary alicyclic amines) is 1. The van der Waals surface area contributed by atoms with Crippen LogP contribution in [-0.2, 0) is 0 Å². The fourth-order valence-electron chi connectivity index (χ4n) is 8.94. The highest BCUT2D eigenvalue weighted by Gasteiger charge is 2.29. The normalized spacial score (nSPS) is 16.8. The molecule has 0 amide bonds. The summed E-state index contributed by atoms with van der Waals surface area (Å²) in [6.45, 7) is 14.4. The number of benzene rings is 3. The number of allylic oxidation sites excluding steroid dienone is 3. The third-order valence-corrected chi connectivity index (χ3v) is 12.3. The van der Waals surface area contributed by atoms with Crippen molar-refractivity contribution in [2.24, 2.45) is 5.92 Å². The smallest absolute Gasteiger partial charge is 0.221 e. The van der Waals surface area contributed by atoms with E-state index in [1.165, 1.54) is 37.8 Å². The minimum absolute atomic E-state index is 0.00988. The van der Waals surface area contributed by atoms with Crippen LogP contribution in [0.4, 0.5) is 14.5 Å². The van der Waals surface area contributed by atoms with Gasteiger partial charge in [-0.2, -0.15) is 0 Å². The van der Waals surface area contributed by atoms with Crippen LogP contribution in [0.2, 0.25) is 5.02 Å². The summed E-state index contributed by atoms with van der Waals surface area (Å²) >= 11 is 6.77. The molecule has 1 aliphatic heterocycles. The molecule has 59 heavy (non-hydrogen) atoms. The zero-order valence-electron chi connectivity index (χ0n) is 34.6. The van der Waals surface area contributed by atoms with Gasteiger partial charge in [-0.1, -0.05) is 95.0 Å². The van der Waals surface area contributed by atoms with Crippen LogP contribution < -0.4 is 14.8 Å². The molecule has 1 aliphatic carbocycles. The van der Waals surface area contributed by atoms with E-state index in [4.69, 9.17) is 21.1 Å². The van der Waals surface area contributed by atoms with Crippen LogP contribution in [0.5, 0.6) is 17.4 Å². The lowest BCUT2D eigenvalue weighted by molar-refractivity contribution is 0.0772. The third kappa shape index (κ3) is 9.74. The zero-order chi connectivity index (χ0) is 41.6. The van der Waals surface area contributed by atoms with Gasteiger partial charge in [-0.3, -0.25) is 4.79 Å². The first-order valence-corrected chi connectivity index (χ1v) is 21.5. The van der Waals surface area contributed by atoms with E-state index in [-0.39, 0.29) is 23.7 Å². The second kappa shape index (κ2) is 18.9. The van der Waals surface area contributed by atoms with Crippen LogP contribution >= 0.6 is 11.6 Å². The molecule has 1 saturated carbocycles. The number of halogens is 3. The molecule has 2 aliphatic rings. The van der Waals surface area contributed by atoms with Gasteiger partial charge in [0.15, 0.2) is 11.6 Å². The molecule has 7 rings (SSSR count). The lowest BCUT2D eigenvalue weighted by Gasteiger charge is -2.36. The van der Waals surface area contributed by atoms with E-state index in [0.29, 0.717) is 39.6 Å². The Balaban J connectivity index is 1.19. The van der Waals surface area contributed by atoms with Crippen molar-refractivity contribution in [2.45, 2.75) is 104 Å². The Morgan fingerprint density at radius 3 is 2.44 bits per heavy atom. The van der Waals surface area contributed by atoms with Crippen molar-refractivity contribution in [2.75, 3.05) is 18.4 Å². The molecule has 1 saturated heterocycles. The van der Waals surface area contributed by atoms with Crippen LogP contribution in [0, 0.1) is 17.6 Å². The van der Waals surface area contributed by atoms with Crippen molar-refractivity contribution in [3.05, 3.63) is 125 Å². The number of ether oxygens (including phenoxy) is 2. The van der Waals surface area contributed by atoms with Crippen LogP contribution in [-0.4, -0.2) is 45.9 Å². The van der Waals surface area contributed by atoms with Gasteiger partial charge in [0.2, 0.25) is 17.4 Å². The molecule has 2 aromatic heterocycles. The summed E-state index contributed by atoms with van der Waals surface area (Å²) in [5.41, 5.74) is 5.27. The SMILES string of the molecule is C=C/C(C(=O)c1cc2cc(OC3CCN(C4CCCC4)CC3)c(-c3ccccc3Cl)cc2[nH]1)=C(\C)Nc1cc(Oc2c(F)cccc2F)ncc1C(C)CC(C)CCC. The Labute approximate surface area is 351 Å².